The number of hydrogen-bond acceptors (Lipinski definition) is 4. The Morgan fingerprint density at radius 3 is 2.17 bits per heavy atom. The zero-order chi connectivity index (χ0) is 21.0. The molecule has 0 unspecified atom stereocenters. The second kappa shape index (κ2) is 8.52. The summed E-state index contributed by atoms with van der Waals surface area (Å²) in [6.45, 7) is 0.164. The molecule has 0 amide bonds. The first-order valence-electron chi connectivity index (χ1n) is 9.40. The van der Waals surface area contributed by atoms with Crippen LogP contribution in [0.4, 0.5) is 0 Å². The Bertz CT molecular complexity index is 1220. The fourth-order valence-corrected chi connectivity index (χ4v) is 4.23. The molecule has 0 aliphatic carbocycles. The summed E-state index contributed by atoms with van der Waals surface area (Å²) in [5.41, 5.74) is 2.75. The van der Waals surface area contributed by atoms with Crippen molar-refractivity contribution in [3.63, 3.8) is 0 Å². The van der Waals surface area contributed by atoms with Crippen molar-refractivity contribution in [1.29, 1.82) is 0 Å². The van der Waals surface area contributed by atoms with Gasteiger partial charge in [0, 0.05) is 12.1 Å². The molecule has 30 heavy (non-hydrogen) atoms. The number of nitrogens with zero attached hydrogens (tertiary/aromatic N) is 2. The Hall–Kier alpha value is -3.42. The zero-order valence-electron chi connectivity index (χ0n) is 16.4. The van der Waals surface area contributed by atoms with Gasteiger partial charge in [0.1, 0.15) is 16.3 Å². The maximum Gasteiger partial charge on any atom is 0.244 e. The van der Waals surface area contributed by atoms with Gasteiger partial charge in [0.2, 0.25) is 10.0 Å². The Morgan fingerprint density at radius 1 is 0.900 bits per heavy atom. The first-order chi connectivity index (χ1) is 14.6. The Morgan fingerprint density at radius 2 is 1.53 bits per heavy atom. The molecule has 7 heteroatoms. The summed E-state index contributed by atoms with van der Waals surface area (Å²) < 4.78 is 35.8. The van der Waals surface area contributed by atoms with E-state index in [-0.39, 0.29) is 11.4 Å². The Labute approximate surface area is 175 Å². The summed E-state index contributed by atoms with van der Waals surface area (Å²) >= 11 is 0. The van der Waals surface area contributed by atoms with Crippen molar-refractivity contribution in [2.24, 2.45) is 0 Å². The molecule has 0 saturated heterocycles. The van der Waals surface area contributed by atoms with Crippen LogP contribution in [0, 0.1) is 0 Å². The summed E-state index contributed by atoms with van der Waals surface area (Å²) in [5, 5.41) is 4.58. The fourth-order valence-electron chi connectivity index (χ4n) is 3.06. The van der Waals surface area contributed by atoms with E-state index in [1.54, 1.807) is 30.1 Å². The SMILES string of the molecule is COc1ccc(CNS(=O)(=O)c2cn(-c3ccccc3)nc2-c2ccccc2)cc1. The molecule has 0 fully saturated rings. The van der Waals surface area contributed by atoms with Crippen molar-refractivity contribution in [3.8, 4) is 22.7 Å². The van der Waals surface area contributed by atoms with Crippen molar-refractivity contribution in [3.05, 3.63) is 96.7 Å². The fraction of sp³-hybridized carbons (Fsp3) is 0.0870. The van der Waals surface area contributed by atoms with Crippen molar-refractivity contribution in [1.82, 2.24) is 14.5 Å². The predicted octanol–water partition coefficient (Wildman–Crippen LogP) is 4.03. The second-order valence-corrected chi connectivity index (χ2v) is 8.40. The lowest BCUT2D eigenvalue weighted by Crippen LogP contribution is -2.23. The lowest BCUT2D eigenvalue weighted by molar-refractivity contribution is 0.414. The highest BCUT2D eigenvalue weighted by molar-refractivity contribution is 7.89. The highest BCUT2D eigenvalue weighted by Gasteiger charge is 2.24. The van der Waals surface area contributed by atoms with Gasteiger partial charge in [-0.25, -0.2) is 17.8 Å². The van der Waals surface area contributed by atoms with Gasteiger partial charge in [-0.2, -0.15) is 5.10 Å². The van der Waals surface area contributed by atoms with Crippen LogP contribution < -0.4 is 9.46 Å². The first kappa shape index (κ1) is 19.9. The van der Waals surface area contributed by atoms with Gasteiger partial charge in [0.15, 0.2) is 0 Å². The normalized spacial score (nSPS) is 11.4. The van der Waals surface area contributed by atoms with Crippen LogP contribution >= 0.6 is 0 Å². The number of rotatable bonds is 7. The largest absolute Gasteiger partial charge is 0.497 e. The van der Waals surface area contributed by atoms with E-state index in [1.165, 1.54) is 0 Å². The van der Waals surface area contributed by atoms with Crippen LogP contribution in [0.25, 0.3) is 16.9 Å². The number of hydrogen-bond donors (Lipinski definition) is 1. The minimum Gasteiger partial charge on any atom is -0.497 e. The van der Waals surface area contributed by atoms with Crippen LogP contribution in [0.2, 0.25) is 0 Å². The van der Waals surface area contributed by atoms with Gasteiger partial charge in [-0.3, -0.25) is 0 Å². The molecule has 1 heterocycles. The summed E-state index contributed by atoms with van der Waals surface area (Å²) in [7, 11) is -2.21. The lowest BCUT2D eigenvalue weighted by Gasteiger charge is -2.08. The molecule has 3 aromatic carbocycles. The molecule has 0 aliphatic heterocycles. The molecule has 0 bridgehead atoms. The van der Waals surface area contributed by atoms with E-state index >= 15 is 0 Å². The van der Waals surface area contributed by atoms with Crippen molar-refractivity contribution in [2.75, 3.05) is 7.11 Å². The molecule has 4 aromatic rings. The number of benzene rings is 3. The quantitative estimate of drug-likeness (QED) is 0.491. The standard InChI is InChI=1S/C23H21N3O3S/c1-29-21-14-12-18(13-15-21)16-24-30(27,28)22-17-26(20-10-6-3-7-11-20)25-23(22)19-8-4-2-5-9-19/h2-15,17,24H,16H2,1H3. The first-order valence-corrected chi connectivity index (χ1v) is 10.9. The van der Waals surface area contributed by atoms with Crippen molar-refractivity contribution >= 4 is 10.0 Å². The summed E-state index contributed by atoms with van der Waals surface area (Å²) in [5.74, 6) is 0.720. The zero-order valence-corrected chi connectivity index (χ0v) is 17.2. The summed E-state index contributed by atoms with van der Waals surface area (Å²) in [4.78, 5) is 0.131. The van der Waals surface area contributed by atoms with Crippen LogP contribution in [0.5, 0.6) is 5.75 Å². The van der Waals surface area contributed by atoms with E-state index < -0.39 is 10.0 Å². The third kappa shape index (κ3) is 4.27. The topological polar surface area (TPSA) is 73.2 Å². The van der Waals surface area contributed by atoms with E-state index in [1.807, 2.05) is 72.8 Å². The molecule has 1 N–H and O–H groups in total. The molecule has 1 aromatic heterocycles. The summed E-state index contributed by atoms with van der Waals surface area (Å²) in [6, 6.07) is 26.0. The monoisotopic (exact) mass is 419 g/mol. The molecule has 0 saturated carbocycles. The van der Waals surface area contributed by atoms with E-state index in [2.05, 4.69) is 9.82 Å². The maximum atomic E-state index is 13.2. The van der Waals surface area contributed by atoms with Crippen molar-refractivity contribution in [2.45, 2.75) is 11.4 Å². The van der Waals surface area contributed by atoms with Gasteiger partial charge in [-0.15, -0.1) is 0 Å². The predicted molar refractivity (Wildman–Crippen MR) is 116 cm³/mol. The molecule has 0 aliphatic rings. The van der Waals surface area contributed by atoms with Gasteiger partial charge in [-0.05, 0) is 29.8 Å². The Kier molecular flexibility index (Phi) is 5.65. The van der Waals surface area contributed by atoms with Gasteiger partial charge in [-0.1, -0.05) is 60.7 Å². The molecule has 152 valence electrons. The van der Waals surface area contributed by atoms with Gasteiger partial charge in [0.25, 0.3) is 0 Å². The number of para-hydroxylation sites is 1. The summed E-state index contributed by atoms with van der Waals surface area (Å²) in [6.07, 6.45) is 1.55. The average Bonchev–Trinajstić information content (AvgIpc) is 3.26. The molecular weight excluding hydrogens is 398 g/mol. The van der Waals surface area contributed by atoms with E-state index in [9.17, 15) is 8.42 Å². The van der Waals surface area contributed by atoms with E-state index in [0.717, 1.165) is 22.6 Å². The third-order valence-corrected chi connectivity index (χ3v) is 6.07. The van der Waals surface area contributed by atoms with Crippen LogP contribution in [-0.2, 0) is 16.6 Å². The van der Waals surface area contributed by atoms with Crippen LogP contribution in [0.3, 0.4) is 0 Å². The number of methoxy groups -OCH3 is 1. The molecule has 0 spiro atoms. The lowest BCUT2D eigenvalue weighted by atomic mass is 10.2. The van der Waals surface area contributed by atoms with Gasteiger partial charge in [0.05, 0.1) is 19.0 Å². The molecule has 0 radical (unpaired) electrons. The van der Waals surface area contributed by atoms with Crippen LogP contribution in [0.15, 0.2) is 96.0 Å². The van der Waals surface area contributed by atoms with Gasteiger partial charge < -0.3 is 4.74 Å². The number of sulfonamides is 1. The number of ether oxygens (including phenoxy) is 1. The highest BCUT2D eigenvalue weighted by Crippen LogP contribution is 2.27. The molecular formula is C23H21N3O3S. The molecule has 4 rings (SSSR count). The van der Waals surface area contributed by atoms with E-state index in [4.69, 9.17) is 4.74 Å². The smallest absolute Gasteiger partial charge is 0.244 e. The van der Waals surface area contributed by atoms with Crippen LogP contribution in [0.1, 0.15) is 5.56 Å². The minimum atomic E-state index is -3.80. The minimum absolute atomic E-state index is 0.131. The maximum absolute atomic E-state index is 13.2. The number of aromatic nitrogens is 2. The third-order valence-electron chi connectivity index (χ3n) is 4.66. The van der Waals surface area contributed by atoms with Crippen molar-refractivity contribution < 1.29 is 13.2 Å². The van der Waals surface area contributed by atoms with E-state index in [0.29, 0.717) is 5.69 Å². The number of nitrogens with one attached hydrogen (secondary N) is 1. The molecule has 6 nitrogen and oxygen atoms in total. The highest BCUT2D eigenvalue weighted by atomic mass is 32.2. The van der Waals surface area contributed by atoms with Crippen LogP contribution in [-0.4, -0.2) is 25.3 Å². The average molecular weight is 420 g/mol. The molecule has 0 atom stereocenters. The Balaban J connectivity index is 1.69. The van der Waals surface area contributed by atoms with Gasteiger partial charge >= 0.3 is 0 Å². The second-order valence-electron chi connectivity index (χ2n) is 6.66.